The fraction of sp³-hybridized carbons (Fsp3) is 0.0714. The van der Waals surface area contributed by atoms with Gasteiger partial charge in [-0.05, 0) is 23.8 Å². The van der Waals surface area contributed by atoms with Gasteiger partial charge in [0.2, 0.25) is 0 Å². The number of pyridine rings is 1. The van der Waals surface area contributed by atoms with Crippen molar-refractivity contribution >= 4 is 17.5 Å². The van der Waals surface area contributed by atoms with Crippen molar-refractivity contribution < 1.29 is 4.79 Å². The summed E-state index contributed by atoms with van der Waals surface area (Å²) in [6.07, 6.45) is 2.95. The minimum Gasteiger partial charge on any atom is -0.348 e. The maximum atomic E-state index is 11.9. The van der Waals surface area contributed by atoms with E-state index in [1.807, 2.05) is 6.07 Å². The van der Waals surface area contributed by atoms with Gasteiger partial charge in [-0.3, -0.25) is 9.78 Å². The molecule has 0 radical (unpaired) electrons. The number of halogens is 1. The molecular weight excluding hydrogens is 262 g/mol. The van der Waals surface area contributed by atoms with Crippen LogP contribution in [0.25, 0.3) is 0 Å². The molecule has 0 aliphatic carbocycles. The fourth-order valence-corrected chi connectivity index (χ4v) is 1.71. The number of amides is 1. The van der Waals surface area contributed by atoms with E-state index in [0.29, 0.717) is 22.7 Å². The molecule has 4 nitrogen and oxygen atoms in total. The van der Waals surface area contributed by atoms with Crippen LogP contribution in [0.2, 0.25) is 5.02 Å². The molecule has 5 heteroatoms. The number of hydrogen-bond acceptors (Lipinski definition) is 3. The van der Waals surface area contributed by atoms with E-state index in [-0.39, 0.29) is 5.91 Å². The lowest BCUT2D eigenvalue weighted by atomic mass is 10.1. The Morgan fingerprint density at radius 2 is 2.05 bits per heavy atom. The molecule has 1 N–H and O–H groups in total. The molecule has 2 aromatic rings. The second kappa shape index (κ2) is 5.98. The summed E-state index contributed by atoms with van der Waals surface area (Å²) in [4.78, 5) is 15.7. The molecule has 0 bridgehead atoms. The highest BCUT2D eigenvalue weighted by Gasteiger charge is 2.09. The second-order valence-corrected chi connectivity index (χ2v) is 4.25. The largest absolute Gasteiger partial charge is 0.348 e. The third-order valence-electron chi connectivity index (χ3n) is 2.55. The number of nitrogens with zero attached hydrogens (tertiary/aromatic N) is 2. The van der Waals surface area contributed by atoms with Crippen LogP contribution in [-0.4, -0.2) is 10.9 Å². The number of carbonyl (C=O) groups excluding carboxylic acids is 1. The zero-order chi connectivity index (χ0) is 13.7. The molecule has 0 spiro atoms. The monoisotopic (exact) mass is 271 g/mol. The first kappa shape index (κ1) is 13.1. The van der Waals surface area contributed by atoms with E-state index in [1.165, 1.54) is 12.4 Å². The van der Waals surface area contributed by atoms with Crippen molar-refractivity contribution in [3.8, 4) is 6.07 Å². The van der Waals surface area contributed by atoms with Crippen LogP contribution in [-0.2, 0) is 6.54 Å². The molecule has 2 rings (SSSR count). The highest BCUT2D eigenvalue weighted by atomic mass is 35.5. The van der Waals surface area contributed by atoms with Gasteiger partial charge in [0.1, 0.15) is 0 Å². The maximum Gasteiger partial charge on any atom is 0.254 e. The Morgan fingerprint density at radius 1 is 1.32 bits per heavy atom. The van der Waals surface area contributed by atoms with E-state index in [4.69, 9.17) is 16.9 Å². The van der Waals surface area contributed by atoms with Gasteiger partial charge in [0, 0.05) is 18.9 Å². The molecule has 1 amide bonds. The predicted molar refractivity (Wildman–Crippen MR) is 71.6 cm³/mol. The van der Waals surface area contributed by atoms with Gasteiger partial charge in [0.05, 0.1) is 22.2 Å². The SMILES string of the molecule is N#Cc1ccc(CNC(=O)c2cnccc2Cl)cc1. The van der Waals surface area contributed by atoms with Crippen LogP contribution in [0.1, 0.15) is 21.5 Å². The standard InChI is InChI=1S/C14H10ClN3O/c15-13-5-6-17-9-12(13)14(19)18-8-11-3-1-10(7-16)2-4-11/h1-6,9H,8H2,(H,18,19). The number of benzene rings is 1. The summed E-state index contributed by atoms with van der Waals surface area (Å²) in [5, 5.41) is 11.8. The molecule has 0 saturated heterocycles. The molecular formula is C14H10ClN3O. The van der Waals surface area contributed by atoms with Gasteiger partial charge in [0.15, 0.2) is 0 Å². The van der Waals surface area contributed by atoms with Crippen LogP contribution in [0.15, 0.2) is 42.7 Å². The lowest BCUT2D eigenvalue weighted by Gasteiger charge is -2.06. The number of hydrogen-bond donors (Lipinski definition) is 1. The van der Waals surface area contributed by atoms with Gasteiger partial charge >= 0.3 is 0 Å². The van der Waals surface area contributed by atoms with Crippen LogP contribution in [0, 0.1) is 11.3 Å². The average molecular weight is 272 g/mol. The Bertz CT molecular complexity index is 632. The highest BCUT2D eigenvalue weighted by Crippen LogP contribution is 2.13. The molecule has 1 aromatic heterocycles. The van der Waals surface area contributed by atoms with Crippen molar-refractivity contribution in [3.63, 3.8) is 0 Å². The van der Waals surface area contributed by atoms with Gasteiger partial charge < -0.3 is 5.32 Å². The number of nitrogens with one attached hydrogen (secondary N) is 1. The van der Waals surface area contributed by atoms with Crippen molar-refractivity contribution in [2.24, 2.45) is 0 Å². The van der Waals surface area contributed by atoms with Crippen LogP contribution in [0.4, 0.5) is 0 Å². The molecule has 94 valence electrons. The minimum atomic E-state index is -0.276. The summed E-state index contributed by atoms with van der Waals surface area (Å²) in [5.41, 5.74) is 1.84. The Labute approximate surface area is 115 Å². The van der Waals surface area contributed by atoms with Gasteiger partial charge in [0.25, 0.3) is 5.91 Å². The summed E-state index contributed by atoms with van der Waals surface area (Å²) in [6, 6.07) is 10.6. The maximum absolute atomic E-state index is 11.9. The molecule has 0 fully saturated rings. The van der Waals surface area contributed by atoms with E-state index in [2.05, 4.69) is 10.3 Å². The van der Waals surface area contributed by atoms with E-state index < -0.39 is 0 Å². The van der Waals surface area contributed by atoms with Gasteiger partial charge in [-0.1, -0.05) is 23.7 Å². The summed E-state index contributed by atoms with van der Waals surface area (Å²) in [7, 11) is 0. The van der Waals surface area contributed by atoms with Crippen molar-refractivity contribution in [1.82, 2.24) is 10.3 Å². The van der Waals surface area contributed by atoms with Crippen LogP contribution >= 0.6 is 11.6 Å². The number of nitriles is 1. The van der Waals surface area contributed by atoms with E-state index in [0.717, 1.165) is 5.56 Å². The fourth-order valence-electron chi connectivity index (χ4n) is 1.52. The lowest BCUT2D eigenvalue weighted by Crippen LogP contribution is -2.23. The molecule has 1 aromatic carbocycles. The van der Waals surface area contributed by atoms with Crippen molar-refractivity contribution in [2.45, 2.75) is 6.54 Å². The quantitative estimate of drug-likeness (QED) is 0.933. The zero-order valence-electron chi connectivity index (χ0n) is 9.93. The predicted octanol–water partition coefficient (Wildman–Crippen LogP) is 2.54. The summed E-state index contributed by atoms with van der Waals surface area (Å²) >= 11 is 5.90. The van der Waals surface area contributed by atoms with E-state index in [9.17, 15) is 4.79 Å². The van der Waals surface area contributed by atoms with E-state index in [1.54, 1.807) is 30.3 Å². The average Bonchev–Trinajstić information content (AvgIpc) is 2.46. The van der Waals surface area contributed by atoms with Crippen LogP contribution < -0.4 is 5.32 Å². The highest BCUT2D eigenvalue weighted by molar-refractivity contribution is 6.33. The second-order valence-electron chi connectivity index (χ2n) is 3.85. The first-order chi connectivity index (χ1) is 9.20. The summed E-state index contributed by atoms with van der Waals surface area (Å²) < 4.78 is 0. The molecule has 0 unspecified atom stereocenters. The first-order valence-corrected chi connectivity index (χ1v) is 5.95. The smallest absolute Gasteiger partial charge is 0.254 e. The van der Waals surface area contributed by atoms with Gasteiger partial charge in [-0.15, -0.1) is 0 Å². The van der Waals surface area contributed by atoms with Crippen LogP contribution in [0.3, 0.4) is 0 Å². The normalized spacial score (nSPS) is 9.68. The van der Waals surface area contributed by atoms with Crippen molar-refractivity contribution in [3.05, 3.63) is 64.4 Å². The Balaban J connectivity index is 2.01. The number of carbonyl (C=O) groups is 1. The molecule has 19 heavy (non-hydrogen) atoms. The summed E-state index contributed by atoms with van der Waals surface area (Å²) in [5.74, 6) is -0.276. The Hall–Kier alpha value is -2.38. The first-order valence-electron chi connectivity index (χ1n) is 5.57. The van der Waals surface area contributed by atoms with E-state index >= 15 is 0 Å². The molecule has 0 aliphatic rings. The zero-order valence-corrected chi connectivity index (χ0v) is 10.7. The molecule has 0 atom stereocenters. The molecule has 0 saturated carbocycles. The third kappa shape index (κ3) is 3.30. The molecule has 1 heterocycles. The topological polar surface area (TPSA) is 65.8 Å². The van der Waals surface area contributed by atoms with Gasteiger partial charge in [-0.25, -0.2) is 0 Å². The van der Waals surface area contributed by atoms with Gasteiger partial charge in [-0.2, -0.15) is 5.26 Å². The Kier molecular flexibility index (Phi) is 4.11. The van der Waals surface area contributed by atoms with Crippen molar-refractivity contribution in [1.29, 1.82) is 5.26 Å². The summed E-state index contributed by atoms with van der Waals surface area (Å²) in [6.45, 7) is 0.371. The number of rotatable bonds is 3. The Morgan fingerprint density at radius 3 is 2.68 bits per heavy atom. The lowest BCUT2D eigenvalue weighted by molar-refractivity contribution is 0.0950. The van der Waals surface area contributed by atoms with Crippen molar-refractivity contribution in [2.75, 3.05) is 0 Å². The third-order valence-corrected chi connectivity index (χ3v) is 2.88. The number of aromatic nitrogens is 1. The minimum absolute atomic E-state index is 0.276. The van der Waals surface area contributed by atoms with Crippen LogP contribution in [0.5, 0.6) is 0 Å². The molecule has 0 aliphatic heterocycles.